The maximum Gasteiger partial charge on any atom is 0.0495 e. The fraction of sp³-hybridized carbons (Fsp3) is 0.0476. The molecular weight excluding hydrogens is 266 g/mol. The molecular formula is C21H15N. The molecule has 5 rings (SSSR count). The Bertz CT molecular complexity index is 1180. The van der Waals surface area contributed by atoms with Gasteiger partial charge >= 0.3 is 0 Å². The molecule has 4 aromatic carbocycles. The SMILES string of the molecule is Cn1c2ccccc2c2cc3cc4ccccc4cc3cc21. The topological polar surface area (TPSA) is 4.93 Å². The van der Waals surface area contributed by atoms with E-state index in [4.69, 9.17) is 0 Å². The normalized spacial score (nSPS) is 11.9. The number of rotatable bonds is 0. The summed E-state index contributed by atoms with van der Waals surface area (Å²) in [6.07, 6.45) is 0. The molecule has 22 heavy (non-hydrogen) atoms. The molecule has 0 aliphatic carbocycles. The standard InChI is InChI=1S/C21H15N/c1-22-20-9-5-4-8-18(20)19-12-16-10-14-6-2-3-7-15(14)11-17(16)13-21(19)22/h2-13H,1H3. The van der Waals surface area contributed by atoms with Crippen molar-refractivity contribution >= 4 is 43.4 Å². The Morgan fingerprint density at radius 3 is 1.95 bits per heavy atom. The first kappa shape index (κ1) is 11.8. The number of hydrogen-bond acceptors (Lipinski definition) is 0. The first-order valence-corrected chi connectivity index (χ1v) is 7.61. The van der Waals surface area contributed by atoms with Crippen molar-refractivity contribution in [2.75, 3.05) is 0 Å². The lowest BCUT2D eigenvalue weighted by Gasteiger charge is -2.04. The zero-order valence-corrected chi connectivity index (χ0v) is 12.4. The minimum atomic E-state index is 1.29. The van der Waals surface area contributed by atoms with Crippen molar-refractivity contribution in [3.63, 3.8) is 0 Å². The fourth-order valence-electron chi connectivity index (χ4n) is 3.60. The summed E-state index contributed by atoms with van der Waals surface area (Å²) in [6.45, 7) is 0. The zero-order chi connectivity index (χ0) is 14.7. The first-order valence-electron chi connectivity index (χ1n) is 7.61. The Morgan fingerprint density at radius 1 is 0.545 bits per heavy atom. The van der Waals surface area contributed by atoms with Crippen LogP contribution >= 0.6 is 0 Å². The molecule has 0 aliphatic heterocycles. The lowest BCUT2D eigenvalue weighted by molar-refractivity contribution is 1.02. The molecule has 104 valence electrons. The van der Waals surface area contributed by atoms with E-state index >= 15 is 0 Å². The van der Waals surface area contributed by atoms with Gasteiger partial charge in [-0.2, -0.15) is 0 Å². The van der Waals surface area contributed by atoms with Crippen molar-refractivity contribution in [1.82, 2.24) is 4.57 Å². The van der Waals surface area contributed by atoms with Crippen LogP contribution in [-0.4, -0.2) is 4.57 Å². The molecule has 0 amide bonds. The molecule has 0 saturated heterocycles. The lowest BCUT2D eigenvalue weighted by atomic mass is 10.0. The third-order valence-corrected chi connectivity index (χ3v) is 4.74. The quantitative estimate of drug-likeness (QED) is 0.324. The molecule has 0 fully saturated rings. The molecule has 0 radical (unpaired) electrons. The smallest absolute Gasteiger partial charge is 0.0495 e. The second-order valence-electron chi connectivity index (χ2n) is 5.99. The Kier molecular flexibility index (Phi) is 2.21. The van der Waals surface area contributed by atoms with Gasteiger partial charge in [0.2, 0.25) is 0 Å². The maximum atomic E-state index is 2.33. The van der Waals surface area contributed by atoms with Gasteiger partial charge in [-0.3, -0.25) is 0 Å². The molecule has 0 spiro atoms. The summed E-state index contributed by atoms with van der Waals surface area (Å²) >= 11 is 0. The highest BCUT2D eigenvalue weighted by Gasteiger charge is 2.09. The van der Waals surface area contributed by atoms with Crippen LogP contribution in [0.25, 0.3) is 43.4 Å². The fourth-order valence-corrected chi connectivity index (χ4v) is 3.60. The van der Waals surface area contributed by atoms with Gasteiger partial charge in [0.25, 0.3) is 0 Å². The van der Waals surface area contributed by atoms with Gasteiger partial charge in [-0.15, -0.1) is 0 Å². The minimum Gasteiger partial charge on any atom is -0.344 e. The Labute approximate surface area is 128 Å². The average Bonchev–Trinajstić information content (AvgIpc) is 2.84. The summed E-state index contributed by atoms with van der Waals surface area (Å²) < 4.78 is 2.29. The number of aromatic nitrogens is 1. The van der Waals surface area contributed by atoms with E-state index in [-0.39, 0.29) is 0 Å². The number of para-hydroxylation sites is 1. The first-order chi connectivity index (χ1) is 10.8. The summed E-state index contributed by atoms with van der Waals surface area (Å²) in [4.78, 5) is 0. The van der Waals surface area contributed by atoms with Crippen LogP contribution in [0.5, 0.6) is 0 Å². The van der Waals surface area contributed by atoms with E-state index in [1.54, 1.807) is 0 Å². The van der Waals surface area contributed by atoms with E-state index in [0.717, 1.165) is 0 Å². The summed E-state index contributed by atoms with van der Waals surface area (Å²) in [5, 5.41) is 7.87. The average molecular weight is 281 g/mol. The summed E-state index contributed by atoms with van der Waals surface area (Å²) in [5.74, 6) is 0. The second kappa shape index (κ2) is 4.11. The largest absolute Gasteiger partial charge is 0.344 e. The molecule has 0 saturated carbocycles. The molecule has 1 heterocycles. The van der Waals surface area contributed by atoms with Gasteiger partial charge in [-0.1, -0.05) is 42.5 Å². The van der Waals surface area contributed by atoms with Crippen molar-refractivity contribution in [3.8, 4) is 0 Å². The van der Waals surface area contributed by atoms with E-state index in [1.165, 1.54) is 43.4 Å². The van der Waals surface area contributed by atoms with E-state index in [9.17, 15) is 0 Å². The van der Waals surface area contributed by atoms with Crippen molar-refractivity contribution in [3.05, 3.63) is 72.8 Å². The van der Waals surface area contributed by atoms with Gasteiger partial charge < -0.3 is 4.57 Å². The molecule has 0 N–H and O–H groups in total. The molecule has 0 bridgehead atoms. The van der Waals surface area contributed by atoms with E-state index in [2.05, 4.69) is 84.4 Å². The van der Waals surface area contributed by atoms with E-state index in [1.807, 2.05) is 0 Å². The van der Waals surface area contributed by atoms with Gasteiger partial charge in [0, 0.05) is 28.9 Å². The van der Waals surface area contributed by atoms with Crippen molar-refractivity contribution in [1.29, 1.82) is 0 Å². The number of fused-ring (bicyclic) bond motifs is 5. The van der Waals surface area contributed by atoms with Gasteiger partial charge in [0.15, 0.2) is 0 Å². The minimum absolute atomic E-state index is 1.29. The Hall–Kier alpha value is -2.80. The third-order valence-electron chi connectivity index (χ3n) is 4.74. The monoisotopic (exact) mass is 281 g/mol. The molecule has 0 atom stereocenters. The number of hydrogen-bond donors (Lipinski definition) is 0. The van der Waals surface area contributed by atoms with Crippen LogP contribution in [0.15, 0.2) is 72.8 Å². The van der Waals surface area contributed by atoms with Crippen LogP contribution in [0, 0.1) is 0 Å². The number of aryl methyl sites for hydroxylation is 1. The highest BCUT2D eigenvalue weighted by molar-refractivity contribution is 6.14. The van der Waals surface area contributed by atoms with Crippen LogP contribution in [0.3, 0.4) is 0 Å². The van der Waals surface area contributed by atoms with Crippen molar-refractivity contribution < 1.29 is 0 Å². The molecule has 1 aromatic heterocycles. The molecule has 1 heteroatoms. The molecule has 0 unspecified atom stereocenters. The Morgan fingerprint density at radius 2 is 1.18 bits per heavy atom. The van der Waals surface area contributed by atoms with Crippen LogP contribution in [0.1, 0.15) is 0 Å². The van der Waals surface area contributed by atoms with Crippen LogP contribution in [0.2, 0.25) is 0 Å². The number of benzene rings is 4. The maximum absolute atomic E-state index is 2.33. The van der Waals surface area contributed by atoms with Gasteiger partial charge in [0.05, 0.1) is 0 Å². The van der Waals surface area contributed by atoms with Crippen LogP contribution in [-0.2, 0) is 7.05 Å². The van der Waals surface area contributed by atoms with Crippen LogP contribution < -0.4 is 0 Å². The van der Waals surface area contributed by atoms with Gasteiger partial charge in [-0.05, 0) is 51.9 Å². The van der Waals surface area contributed by atoms with Crippen LogP contribution in [0.4, 0.5) is 0 Å². The zero-order valence-electron chi connectivity index (χ0n) is 12.4. The predicted octanol–water partition coefficient (Wildman–Crippen LogP) is 5.64. The highest BCUT2D eigenvalue weighted by Crippen LogP contribution is 2.33. The van der Waals surface area contributed by atoms with Crippen molar-refractivity contribution in [2.45, 2.75) is 0 Å². The molecule has 0 aliphatic rings. The van der Waals surface area contributed by atoms with E-state index < -0.39 is 0 Å². The summed E-state index contributed by atoms with van der Waals surface area (Å²) in [5.41, 5.74) is 2.58. The van der Waals surface area contributed by atoms with E-state index in [0.29, 0.717) is 0 Å². The highest BCUT2D eigenvalue weighted by atomic mass is 14.9. The Balaban J connectivity index is 2.02. The third kappa shape index (κ3) is 1.48. The van der Waals surface area contributed by atoms with Gasteiger partial charge in [-0.25, -0.2) is 0 Å². The van der Waals surface area contributed by atoms with Gasteiger partial charge in [0.1, 0.15) is 0 Å². The molecule has 1 nitrogen and oxygen atoms in total. The lowest BCUT2D eigenvalue weighted by Crippen LogP contribution is -1.86. The second-order valence-corrected chi connectivity index (χ2v) is 5.99. The predicted molar refractivity (Wildman–Crippen MR) is 95.4 cm³/mol. The summed E-state index contributed by atoms with van der Waals surface area (Å²) in [7, 11) is 2.15. The molecule has 5 aromatic rings. The summed E-state index contributed by atoms with van der Waals surface area (Å²) in [6, 6.07) is 26.4. The number of nitrogens with zero attached hydrogens (tertiary/aromatic N) is 1. The van der Waals surface area contributed by atoms with Crippen molar-refractivity contribution in [2.24, 2.45) is 7.05 Å².